The molecule has 1 aromatic carbocycles. The Kier molecular flexibility index (Phi) is 4.87. The monoisotopic (exact) mass is 237 g/mol. The van der Waals surface area contributed by atoms with Crippen LogP contribution < -0.4 is 0 Å². The second kappa shape index (κ2) is 5.94. The summed E-state index contributed by atoms with van der Waals surface area (Å²) in [4.78, 5) is 1.25. The molecule has 0 unspecified atom stereocenters. The van der Waals surface area contributed by atoms with Crippen LogP contribution in [-0.4, -0.2) is 22.2 Å². The first-order valence-electron chi connectivity index (χ1n) is 5.48. The summed E-state index contributed by atoms with van der Waals surface area (Å²) in [6.07, 6.45) is 2.54. The Hall–Kier alpha value is -0.960. The highest BCUT2D eigenvalue weighted by molar-refractivity contribution is 7.99. The second-order valence-electron chi connectivity index (χ2n) is 4.63. The lowest BCUT2D eigenvalue weighted by Crippen LogP contribution is -2.29. The van der Waals surface area contributed by atoms with E-state index in [1.807, 2.05) is 39.0 Å². The normalized spacial score (nSPS) is 12.8. The molecule has 0 saturated heterocycles. The van der Waals surface area contributed by atoms with Gasteiger partial charge in [0.1, 0.15) is 0 Å². The SMILES string of the molecule is CC(C)(C)/[N+]([O-])=C/CCSc1ccccc1. The fourth-order valence-electron chi connectivity index (χ4n) is 1.14. The minimum atomic E-state index is -0.322. The fourth-order valence-corrected chi connectivity index (χ4v) is 1.95. The molecular weight excluding hydrogens is 218 g/mol. The third kappa shape index (κ3) is 4.71. The quantitative estimate of drug-likeness (QED) is 0.200. The van der Waals surface area contributed by atoms with Gasteiger partial charge in [0.05, 0.1) is 0 Å². The first-order chi connectivity index (χ1) is 7.50. The first-order valence-corrected chi connectivity index (χ1v) is 6.46. The molecule has 3 heteroatoms. The van der Waals surface area contributed by atoms with Gasteiger partial charge < -0.3 is 5.21 Å². The highest BCUT2D eigenvalue weighted by atomic mass is 32.2. The van der Waals surface area contributed by atoms with Crippen LogP contribution in [0.15, 0.2) is 35.2 Å². The number of hydrogen-bond acceptors (Lipinski definition) is 2. The molecule has 0 aliphatic rings. The molecule has 2 nitrogen and oxygen atoms in total. The number of hydrogen-bond donors (Lipinski definition) is 0. The molecule has 0 amide bonds. The van der Waals surface area contributed by atoms with Crippen LogP contribution in [-0.2, 0) is 0 Å². The Morgan fingerprint density at radius 3 is 2.44 bits per heavy atom. The van der Waals surface area contributed by atoms with Crippen LogP contribution in [0.25, 0.3) is 0 Å². The molecule has 0 aliphatic heterocycles. The van der Waals surface area contributed by atoms with Crippen molar-refractivity contribution in [3.63, 3.8) is 0 Å². The molecule has 0 saturated carbocycles. The zero-order valence-electron chi connectivity index (χ0n) is 10.1. The lowest BCUT2D eigenvalue weighted by Gasteiger charge is -2.18. The summed E-state index contributed by atoms with van der Waals surface area (Å²) >= 11 is 1.78. The maximum absolute atomic E-state index is 11.5. The Labute approximate surface area is 102 Å². The summed E-state index contributed by atoms with van der Waals surface area (Å²) in [6.45, 7) is 5.75. The van der Waals surface area contributed by atoms with E-state index in [0.717, 1.165) is 16.9 Å². The summed E-state index contributed by atoms with van der Waals surface area (Å²) in [5, 5.41) is 11.5. The van der Waals surface area contributed by atoms with Crippen LogP contribution in [0.1, 0.15) is 27.2 Å². The predicted molar refractivity (Wildman–Crippen MR) is 71.2 cm³/mol. The molecule has 0 bridgehead atoms. The summed E-state index contributed by atoms with van der Waals surface area (Å²) < 4.78 is 1.04. The molecule has 1 rings (SSSR count). The van der Waals surface area contributed by atoms with Crippen molar-refractivity contribution in [1.82, 2.24) is 0 Å². The number of nitrogens with zero attached hydrogens (tertiary/aromatic N) is 1. The van der Waals surface area contributed by atoms with Gasteiger partial charge in [-0.2, -0.15) is 0 Å². The predicted octanol–water partition coefficient (Wildman–Crippen LogP) is 3.55. The van der Waals surface area contributed by atoms with E-state index >= 15 is 0 Å². The van der Waals surface area contributed by atoms with Crippen molar-refractivity contribution in [1.29, 1.82) is 0 Å². The second-order valence-corrected chi connectivity index (χ2v) is 5.80. The van der Waals surface area contributed by atoms with Gasteiger partial charge in [-0.1, -0.05) is 18.2 Å². The van der Waals surface area contributed by atoms with Crippen LogP contribution in [0.3, 0.4) is 0 Å². The summed E-state index contributed by atoms with van der Waals surface area (Å²) in [6, 6.07) is 10.2. The average molecular weight is 237 g/mol. The molecule has 0 spiro atoms. The molecule has 0 aromatic heterocycles. The Balaban J connectivity index is 2.32. The van der Waals surface area contributed by atoms with E-state index in [0.29, 0.717) is 0 Å². The van der Waals surface area contributed by atoms with Crippen molar-refractivity contribution in [2.75, 3.05) is 5.75 Å². The van der Waals surface area contributed by atoms with Gasteiger partial charge in [-0.3, -0.25) is 0 Å². The number of hydroxylamine groups is 1. The molecule has 88 valence electrons. The molecule has 0 radical (unpaired) electrons. The molecular formula is C13H19NOS. The van der Waals surface area contributed by atoms with Crippen LogP contribution in [0.5, 0.6) is 0 Å². The molecule has 0 fully saturated rings. The van der Waals surface area contributed by atoms with E-state index in [1.165, 1.54) is 4.90 Å². The van der Waals surface area contributed by atoms with E-state index in [4.69, 9.17) is 0 Å². The Morgan fingerprint density at radius 2 is 1.88 bits per heavy atom. The summed E-state index contributed by atoms with van der Waals surface area (Å²) in [5.41, 5.74) is -0.322. The van der Waals surface area contributed by atoms with Crippen molar-refractivity contribution in [2.45, 2.75) is 37.6 Å². The van der Waals surface area contributed by atoms with Crippen LogP contribution in [0.4, 0.5) is 0 Å². The van der Waals surface area contributed by atoms with Crippen molar-refractivity contribution >= 4 is 18.0 Å². The zero-order chi connectivity index (χ0) is 12.0. The van der Waals surface area contributed by atoms with Gasteiger partial charge in [-0.15, -0.1) is 11.8 Å². The van der Waals surface area contributed by atoms with Crippen molar-refractivity contribution < 1.29 is 4.74 Å². The van der Waals surface area contributed by atoms with Crippen molar-refractivity contribution in [3.8, 4) is 0 Å². The van der Waals surface area contributed by atoms with Gasteiger partial charge in [0, 0.05) is 37.8 Å². The molecule has 0 aliphatic carbocycles. The van der Waals surface area contributed by atoms with E-state index < -0.39 is 0 Å². The maximum atomic E-state index is 11.5. The molecule has 1 aromatic rings. The lowest BCUT2D eigenvalue weighted by molar-refractivity contribution is -0.531. The molecule has 0 N–H and O–H groups in total. The van der Waals surface area contributed by atoms with Crippen LogP contribution in [0.2, 0.25) is 0 Å². The molecule has 16 heavy (non-hydrogen) atoms. The van der Waals surface area contributed by atoms with Crippen molar-refractivity contribution in [3.05, 3.63) is 35.5 Å². The Morgan fingerprint density at radius 1 is 1.25 bits per heavy atom. The lowest BCUT2D eigenvalue weighted by atomic mass is 10.1. The Bertz CT molecular complexity index is 341. The summed E-state index contributed by atoms with van der Waals surface area (Å²) in [7, 11) is 0. The number of benzene rings is 1. The largest absolute Gasteiger partial charge is 0.624 e. The van der Waals surface area contributed by atoms with E-state index in [2.05, 4.69) is 12.1 Å². The maximum Gasteiger partial charge on any atom is 0.164 e. The third-order valence-electron chi connectivity index (χ3n) is 2.09. The van der Waals surface area contributed by atoms with Crippen molar-refractivity contribution in [2.24, 2.45) is 0 Å². The van der Waals surface area contributed by atoms with E-state index in [9.17, 15) is 5.21 Å². The van der Waals surface area contributed by atoms with Gasteiger partial charge in [0.25, 0.3) is 0 Å². The molecule has 0 heterocycles. The highest BCUT2D eigenvalue weighted by Crippen LogP contribution is 2.17. The summed E-state index contributed by atoms with van der Waals surface area (Å²) in [5.74, 6) is 0.943. The van der Waals surface area contributed by atoms with Gasteiger partial charge >= 0.3 is 0 Å². The highest BCUT2D eigenvalue weighted by Gasteiger charge is 2.17. The van der Waals surface area contributed by atoms with E-state index in [1.54, 1.807) is 18.0 Å². The van der Waals surface area contributed by atoms with Gasteiger partial charge in [-0.05, 0) is 12.1 Å². The topological polar surface area (TPSA) is 26.1 Å². The smallest absolute Gasteiger partial charge is 0.164 e. The van der Waals surface area contributed by atoms with Crippen LogP contribution in [0, 0.1) is 5.21 Å². The zero-order valence-corrected chi connectivity index (χ0v) is 11.0. The fraction of sp³-hybridized carbons (Fsp3) is 0.462. The minimum absolute atomic E-state index is 0.322. The van der Waals surface area contributed by atoms with Crippen LogP contribution >= 0.6 is 11.8 Å². The number of thioether (sulfide) groups is 1. The third-order valence-corrected chi connectivity index (χ3v) is 3.13. The van der Waals surface area contributed by atoms with Gasteiger partial charge in [-0.25, -0.2) is 4.74 Å². The average Bonchev–Trinajstić information content (AvgIpc) is 2.24. The number of rotatable bonds is 4. The minimum Gasteiger partial charge on any atom is -0.624 e. The van der Waals surface area contributed by atoms with Gasteiger partial charge in [0.2, 0.25) is 0 Å². The van der Waals surface area contributed by atoms with E-state index in [-0.39, 0.29) is 5.54 Å². The standard InChI is InChI=1S/C13H19NOS/c1-13(2,3)14(15)10-7-11-16-12-8-5-4-6-9-12/h4-6,8-10H,7,11H2,1-3H3/b14-10-. The first kappa shape index (κ1) is 13.1. The van der Waals surface area contributed by atoms with Gasteiger partial charge in [0.15, 0.2) is 11.8 Å². The molecule has 0 atom stereocenters.